The second kappa shape index (κ2) is 7.87. The second-order valence-electron chi connectivity index (χ2n) is 5.01. The number of nitrogens with zero attached hydrogens (tertiary/aromatic N) is 1. The van der Waals surface area contributed by atoms with E-state index in [2.05, 4.69) is 21.2 Å². The number of halogens is 7. The number of nitriles is 1. The van der Waals surface area contributed by atoms with Crippen LogP contribution in [0.15, 0.2) is 28.7 Å². The zero-order valence-corrected chi connectivity index (χ0v) is 14.5. The molecule has 0 aliphatic carbocycles. The Morgan fingerprint density at radius 2 is 1.70 bits per heavy atom. The molecule has 4 nitrogen and oxygen atoms in total. The molecule has 0 bridgehead atoms. The van der Waals surface area contributed by atoms with Gasteiger partial charge in [-0.3, -0.25) is 4.79 Å². The third-order valence-electron chi connectivity index (χ3n) is 3.07. The van der Waals surface area contributed by atoms with Crippen LogP contribution in [0, 0.1) is 28.8 Å². The van der Waals surface area contributed by atoms with Gasteiger partial charge in [0.25, 0.3) is 0 Å². The third-order valence-corrected chi connectivity index (χ3v) is 3.69. The van der Waals surface area contributed by atoms with Crippen LogP contribution in [-0.2, 0) is 11.0 Å². The van der Waals surface area contributed by atoms with Gasteiger partial charge in [0.15, 0.2) is 23.2 Å². The lowest BCUT2D eigenvalue weighted by Gasteiger charge is -2.14. The normalized spacial score (nSPS) is 11.0. The minimum atomic E-state index is -4.96. The molecule has 0 spiro atoms. The van der Waals surface area contributed by atoms with Crippen molar-refractivity contribution in [2.24, 2.45) is 0 Å². The van der Waals surface area contributed by atoms with Gasteiger partial charge in [0, 0.05) is 6.07 Å². The SMILES string of the molecule is N#CCC(=O)Nc1cc(Br)c(Oc2c(F)cc(C(F)(F)F)cc2F)cc1F. The predicted molar refractivity (Wildman–Crippen MR) is 84.4 cm³/mol. The van der Waals surface area contributed by atoms with Crippen molar-refractivity contribution in [3.63, 3.8) is 0 Å². The monoisotopic (exact) mass is 452 g/mol. The second-order valence-corrected chi connectivity index (χ2v) is 5.87. The number of hydrogen-bond donors (Lipinski definition) is 1. The summed E-state index contributed by atoms with van der Waals surface area (Å²) in [6.45, 7) is 0. The van der Waals surface area contributed by atoms with Crippen molar-refractivity contribution in [1.29, 1.82) is 5.26 Å². The van der Waals surface area contributed by atoms with Gasteiger partial charge < -0.3 is 10.1 Å². The number of benzene rings is 2. The molecule has 2 aromatic rings. The predicted octanol–water partition coefficient (Wildman–Crippen LogP) is 5.53. The maximum atomic E-state index is 14.0. The highest BCUT2D eigenvalue weighted by molar-refractivity contribution is 9.10. The average Bonchev–Trinajstić information content (AvgIpc) is 2.54. The highest BCUT2D eigenvalue weighted by Crippen LogP contribution is 2.38. The first kappa shape index (κ1) is 20.6. The summed E-state index contributed by atoms with van der Waals surface area (Å²) in [4.78, 5) is 11.3. The molecule has 0 heterocycles. The molecule has 0 aliphatic heterocycles. The van der Waals surface area contributed by atoms with Crippen molar-refractivity contribution in [2.45, 2.75) is 12.6 Å². The summed E-state index contributed by atoms with van der Waals surface area (Å²) >= 11 is 2.93. The Labute approximate surface area is 156 Å². The molecule has 2 rings (SSSR count). The summed E-state index contributed by atoms with van der Waals surface area (Å²) in [5.41, 5.74) is -1.89. The lowest BCUT2D eigenvalue weighted by molar-refractivity contribution is -0.138. The summed E-state index contributed by atoms with van der Waals surface area (Å²) in [6.07, 6.45) is -5.49. The van der Waals surface area contributed by atoms with Gasteiger partial charge in [-0.2, -0.15) is 18.4 Å². The number of ether oxygens (including phenoxy) is 1. The first-order chi connectivity index (χ1) is 12.5. The molecule has 0 unspecified atom stereocenters. The van der Waals surface area contributed by atoms with E-state index in [0.717, 1.165) is 6.07 Å². The summed E-state index contributed by atoms with van der Waals surface area (Å²) in [5.74, 6) is -6.75. The van der Waals surface area contributed by atoms with Gasteiger partial charge in [-0.15, -0.1) is 0 Å². The fourth-order valence-corrected chi connectivity index (χ4v) is 2.32. The van der Waals surface area contributed by atoms with Crippen LogP contribution in [-0.4, -0.2) is 5.91 Å². The minimum Gasteiger partial charge on any atom is -0.450 e. The van der Waals surface area contributed by atoms with E-state index in [-0.39, 0.29) is 22.3 Å². The van der Waals surface area contributed by atoms with E-state index in [1.165, 1.54) is 0 Å². The van der Waals surface area contributed by atoms with Crippen LogP contribution >= 0.6 is 15.9 Å². The molecule has 0 saturated heterocycles. The van der Waals surface area contributed by atoms with Gasteiger partial charge in [-0.25, -0.2) is 13.2 Å². The van der Waals surface area contributed by atoms with E-state index in [4.69, 9.17) is 10.00 Å². The van der Waals surface area contributed by atoms with E-state index >= 15 is 0 Å². The van der Waals surface area contributed by atoms with Crippen molar-refractivity contribution in [1.82, 2.24) is 0 Å². The van der Waals surface area contributed by atoms with Crippen LogP contribution in [0.5, 0.6) is 11.5 Å². The van der Waals surface area contributed by atoms with Crippen LogP contribution in [0.4, 0.5) is 32.0 Å². The zero-order valence-electron chi connectivity index (χ0n) is 12.9. The number of nitrogens with one attached hydrogen (secondary N) is 1. The lowest BCUT2D eigenvalue weighted by Crippen LogP contribution is -2.11. The van der Waals surface area contributed by atoms with E-state index in [9.17, 15) is 31.1 Å². The molecule has 11 heteroatoms. The number of alkyl halides is 3. The Kier molecular flexibility index (Phi) is 6.00. The minimum absolute atomic E-state index is 0.0408. The zero-order chi connectivity index (χ0) is 20.4. The van der Waals surface area contributed by atoms with E-state index in [1.54, 1.807) is 6.07 Å². The number of carbonyl (C=O) groups excluding carboxylic acids is 1. The van der Waals surface area contributed by atoms with Gasteiger partial charge in [-0.05, 0) is 34.1 Å². The molecule has 27 heavy (non-hydrogen) atoms. The first-order valence-corrected chi connectivity index (χ1v) is 7.72. The van der Waals surface area contributed by atoms with Crippen molar-refractivity contribution in [3.8, 4) is 17.6 Å². The topological polar surface area (TPSA) is 62.1 Å². The lowest BCUT2D eigenvalue weighted by atomic mass is 10.2. The molecular formula is C16H7BrF6N2O2. The first-order valence-electron chi connectivity index (χ1n) is 6.93. The highest BCUT2D eigenvalue weighted by atomic mass is 79.9. The quantitative estimate of drug-likeness (QED) is 0.620. The van der Waals surface area contributed by atoms with Crippen molar-refractivity contribution in [2.75, 3.05) is 5.32 Å². The molecule has 1 amide bonds. The van der Waals surface area contributed by atoms with Gasteiger partial charge in [-0.1, -0.05) is 0 Å². The fraction of sp³-hybridized carbons (Fsp3) is 0.125. The van der Waals surface area contributed by atoms with Crippen LogP contribution in [0.1, 0.15) is 12.0 Å². The Bertz CT molecular complexity index is 917. The van der Waals surface area contributed by atoms with Gasteiger partial charge in [0.05, 0.1) is 21.8 Å². The van der Waals surface area contributed by atoms with E-state index < -0.39 is 53.0 Å². The maximum absolute atomic E-state index is 14.0. The molecule has 0 fully saturated rings. The van der Waals surface area contributed by atoms with Crippen LogP contribution in [0.3, 0.4) is 0 Å². The molecule has 0 aliphatic rings. The molecule has 0 atom stereocenters. The largest absolute Gasteiger partial charge is 0.450 e. The Balaban J connectivity index is 2.35. The smallest absolute Gasteiger partial charge is 0.416 e. The van der Waals surface area contributed by atoms with Crippen LogP contribution < -0.4 is 10.1 Å². The molecule has 2 aromatic carbocycles. The van der Waals surface area contributed by atoms with Gasteiger partial charge in [0.1, 0.15) is 12.2 Å². The highest BCUT2D eigenvalue weighted by Gasteiger charge is 2.33. The molecule has 0 saturated carbocycles. The fourth-order valence-electron chi connectivity index (χ4n) is 1.90. The Morgan fingerprint density at radius 3 is 2.22 bits per heavy atom. The third kappa shape index (κ3) is 4.91. The molecule has 0 radical (unpaired) electrons. The summed E-state index contributed by atoms with van der Waals surface area (Å²) < 4.78 is 84.1. The number of carbonyl (C=O) groups is 1. The Morgan fingerprint density at radius 1 is 1.11 bits per heavy atom. The summed E-state index contributed by atoms with van der Waals surface area (Å²) in [5, 5.41) is 10.5. The summed E-state index contributed by atoms with van der Waals surface area (Å²) in [6, 6.07) is 3.30. The van der Waals surface area contributed by atoms with Crippen molar-refractivity contribution >= 4 is 27.5 Å². The number of rotatable bonds is 4. The Hall–Kier alpha value is -2.74. The standard InChI is InChI=1S/C16H7BrF6N2O2/c17-8-5-12(25-14(26)1-2-24)9(18)6-13(8)27-15-10(19)3-7(4-11(15)20)16(21,22)23/h3-6H,1H2,(H,25,26). The van der Waals surface area contributed by atoms with Crippen molar-refractivity contribution < 1.29 is 35.9 Å². The van der Waals surface area contributed by atoms with Crippen LogP contribution in [0.25, 0.3) is 0 Å². The van der Waals surface area contributed by atoms with Crippen LogP contribution in [0.2, 0.25) is 0 Å². The summed E-state index contributed by atoms with van der Waals surface area (Å²) in [7, 11) is 0. The van der Waals surface area contributed by atoms with Gasteiger partial charge in [0.2, 0.25) is 5.91 Å². The van der Waals surface area contributed by atoms with Gasteiger partial charge >= 0.3 is 6.18 Å². The number of amides is 1. The molecular weight excluding hydrogens is 446 g/mol. The molecule has 142 valence electrons. The maximum Gasteiger partial charge on any atom is 0.416 e. The van der Waals surface area contributed by atoms with E-state index in [1.807, 2.05) is 0 Å². The average molecular weight is 453 g/mol. The van der Waals surface area contributed by atoms with E-state index in [0.29, 0.717) is 6.07 Å². The number of anilines is 1. The molecule has 0 aromatic heterocycles. The number of hydrogen-bond acceptors (Lipinski definition) is 3. The van der Waals surface area contributed by atoms with Crippen molar-refractivity contribution in [3.05, 3.63) is 51.8 Å². The molecule has 1 N–H and O–H groups in total.